The van der Waals surface area contributed by atoms with Gasteiger partial charge in [-0.25, -0.2) is 0 Å². The van der Waals surface area contributed by atoms with Crippen molar-refractivity contribution >= 4 is 64.2 Å². The molecule has 4 heteroatoms. The van der Waals surface area contributed by atoms with Crippen molar-refractivity contribution in [3.05, 3.63) is 66.0 Å². The maximum Gasteiger partial charge on any atom is 0.0901 e. The number of aromatic nitrogens is 2. The minimum atomic E-state index is 1.21. The zero-order valence-electron chi connectivity index (χ0n) is 12.6. The SMILES string of the molecule is c1ccc(-n2c3ccsc3c3sc4c5ccccc5[nH]c4c32)cc1. The second-order valence-corrected chi connectivity index (χ2v) is 7.90. The van der Waals surface area contributed by atoms with Gasteiger partial charge in [-0.15, -0.1) is 22.7 Å². The summed E-state index contributed by atoms with van der Waals surface area (Å²) in [7, 11) is 0. The predicted molar refractivity (Wildman–Crippen MR) is 106 cm³/mol. The van der Waals surface area contributed by atoms with Crippen molar-refractivity contribution < 1.29 is 0 Å². The van der Waals surface area contributed by atoms with E-state index >= 15 is 0 Å². The van der Waals surface area contributed by atoms with Crippen LogP contribution in [0.25, 0.3) is 47.2 Å². The number of para-hydroxylation sites is 2. The topological polar surface area (TPSA) is 20.7 Å². The summed E-state index contributed by atoms with van der Waals surface area (Å²) in [5, 5.41) is 3.51. The molecule has 4 heterocycles. The molecule has 6 rings (SSSR count). The van der Waals surface area contributed by atoms with E-state index in [9.17, 15) is 0 Å². The van der Waals surface area contributed by atoms with Gasteiger partial charge >= 0.3 is 0 Å². The number of rotatable bonds is 1. The lowest BCUT2D eigenvalue weighted by Crippen LogP contribution is -1.92. The van der Waals surface area contributed by atoms with E-state index in [0.29, 0.717) is 0 Å². The first-order valence-electron chi connectivity index (χ1n) is 7.88. The lowest BCUT2D eigenvalue weighted by molar-refractivity contribution is 1.19. The Balaban J connectivity index is 1.89. The highest BCUT2D eigenvalue weighted by atomic mass is 32.1. The van der Waals surface area contributed by atoms with Gasteiger partial charge in [-0.2, -0.15) is 0 Å². The van der Waals surface area contributed by atoms with E-state index in [-0.39, 0.29) is 0 Å². The van der Waals surface area contributed by atoms with Gasteiger partial charge in [0.25, 0.3) is 0 Å². The summed E-state index contributed by atoms with van der Waals surface area (Å²) in [6, 6.07) is 21.5. The summed E-state index contributed by atoms with van der Waals surface area (Å²) in [5.41, 5.74) is 6.29. The summed E-state index contributed by atoms with van der Waals surface area (Å²) in [6.07, 6.45) is 0. The van der Waals surface area contributed by atoms with Crippen LogP contribution in [0, 0.1) is 0 Å². The molecule has 0 atom stereocenters. The summed E-state index contributed by atoms with van der Waals surface area (Å²) >= 11 is 3.74. The molecule has 0 unspecified atom stereocenters. The first kappa shape index (κ1) is 12.8. The summed E-state index contributed by atoms with van der Waals surface area (Å²) in [6.45, 7) is 0. The van der Waals surface area contributed by atoms with Crippen molar-refractivity contribution in [3.8, 4) is 5.69 Å². The highest BCUT2D eigenvalue weighted by Gasteiger charge is 2.20. The highest BCUT2D eigenvalue weighted by Crippen LogP contribution is 2.46. The van der Waals surface area contributed by atoms with Crippen molar-refractivity contribution in [3.63, 3.8) is 0 Å². The molecule has 0 radical (unpaired) electrons. The van der Waals surface area contributed by atoms with Gasteiger partial charge in [-0.05, 0) is 29.6 Å². The third-order valence-electron chi connectivity index (χ3n) is 4.64. The smallest absolute Gasteiger partial charge is 0.0901 e. The van der Waals surface area contributed by atoms with Crippen LogP contribution in [-0.4, -0.2) is 9.55 Å². The van der Waals surface area contributed by atoms with Crippen LogP contribution in [0.4, 0.5) is 0 Å². The van der Waals surface area contributed by atoms with Crippen molar-refractivity contribution in [2.75, 3.05) is 0 Å². The highest BCUT2D eigenvalue weighted by molar-refractivity contribution is 7.31. The van der Waals surface area contributed by atoms with Crippen molar-refractivity contribution in [1.82, 2.24) is 9.55 Å². The van der Waals surface area contributed by atoms with Gasteiger partial charge in [0, 0.05) is 16.6 Å². The molecule has 6 aromatic rings. The van der Waals surface area contributed by atoms with Gasteiger partial charge < -0.3 is 9.55 Å². The lowest BCUT2D eigenvalue weighted by atomic mass is 10.2. The van der Waals surface area contributed by atoms with Crippen molar-refractivity contribution in [2.45, 2.75) is 0 Å². The lowest BCUT2D eigenvalue weighted by Gasteiger charge is -2.05. The second-order valence-electron chi connectivity index (χ2n) is 5.96. The molecule has 2 aromatic carbocycles. The summed E-state index contributed by atoms with van der Waals surface area (Å²) < 4.78 is 6.52. The Morgan fingerprint density at radius 2 is 1.62 bits per heavy atom. The monoisotopic (exact) mass is 344 g/mol. The first-order valence-corrected chi connectivity index (χ1v) is 9.58. The minimum Gasteiger partial charge on any atom is -0.352 e. The van der Waals surface area contributed by atoms with E-state index in [0.717, 1.165) is 0 Å². The van der Waals surface area contributed by atoms with E-state index in [4.69, 9.17) is 0 Å². The molecule has 0 saturated carbocycles. The molecule has 0 aliphatic carbocycles. The number of nitrogens with zero attached hydrogens (tertiary/aromatic N) is 1. The maximum absolute atomic E-state index is 3.66. The normalized spacial score (nSPS) is 12.2. The Kier molecular flexibility index (Phi) is 2.40. The molecular formula is C20H12N2S2. The first-order chi connectivity index (χ1) is 11.9. The second kappa shape index (κ2) is 4.50. The Hall–Kier alpha value is -2.56. The number of H-pyrrole nitrogens is 1. The molecular weight excluding hydrogens is 332 g/mol. The number of thiophene rings is 2. The van der Waals surface area contributed by atoms with Gasteiger partial charge in [0.2, 0.25) is 0 Å². The fourth-order valence-corrected chi connectivity index (χ4v) is 5.95. The van der Waals surface area contributed by atoms with Crippen LogP contribution >= 0.6 is 22.7 Å². The molecule has 0 bridgehead atoms. The van der Waals surface area contributed by atoms with Crippen LogP contribution in [0.3, 0.4) is 0 Å². The van der Waals surface area contributed by atoms with Gasteiger partial charge in [-0.3, -0.25) is 0 Å². The van der Waals surface area contributed by atoms with Crippen LogP contribution in [-0.2, 0) is 0 Å². The van der Waals surface area contributed by atoms with Gasteiger partial charge in [0.15, 0.2) is 0 Å². The van der Waals surface area contributed by atoms with Crippen molar-refractivity contribution in [2.24, 2.45) is 0 Å². The van der Waals surface area contributed by atoms with E-state index in [1.807, 2.05) is 22.7 Å². The Morgan fingerprint density at radius 3 is 2.54 bits per heavy atom. The Morgan fingerprint density at radius 1 is 0.792 bits per heavy atom. The van der Waals surface area contributed by atoms with Gasteiger partial charge in [-0.1, -0.05) is 36.4 Å². The summed E-state index contributed by atoms with van der Waals surface area (Å²) in [5.74, 6) is 0. The van der Waals surface area contributed by atoms with Crippen LogP contribution in [0.1, 0.15) is 0 Å². The number of aromatic amines is 1. The molecule has 114 valence electrons. The molecule has 0 saturated heterocycles. The Bertz CT molecular complexity index is 1350. The fraction of sp³-hybridized carbons (Fsp3) is 0. The molecule has 0 amide bonds. The largest absolute Gasteiger partial charge is 0.352 e. The average Bonchev–Trinajstić information content (AvgIpc) is 3.34. The van der Waals surface area contributed by atoms with Crippen LogP contribution in [0.2, 0.25) is 0 Å². The molecule has 1 N–H and O–H groups in total. The van der Waals surface area contributed by atoms with Gasteiger partial charge in [0.05, 0.1) is 30.6 Å². The Labute approximate surface area is 145 Å². The standard InChI is InChI=1S/C20H12N2S2/c1-2-6-12(7-3-1)22-15-10-11-23-19(15)20-17(22)16-18(24-20)13-8-4-5-9-14(13)21-16/h1-11,21H. The molecule has 4 aromatic heterocycles. The average molecular weight is 344 g/mol. The zero-order valence-corrected chi connectivity index (χ0v) is 14.2. The summed E-state index contributed by atoms with van der Waals surface area (Å²) in [4.78, 5) is 3.66. The third-order valence-corrected chi connectivity index (χ3v) is 6.92. The van der Waals surface area contributed by atoms with Crippen molar-refractivity contribution in [1.29, 1.82) is 0 Å². The number of hydrogen-bond donors (Lipinski definition) is 1. The van der Waals surface area contributed by atoms with E-state index in [1.165, 1.54) is 47.2 Å². The van der Waals surface area contributed by atoms with Gasteiger partial charge in [0.1, 0.15) is 0 Å². The zero-order chi connectivity index (χ0) is 15.7. The van der Waals surface area contributed by atoms with Crippen LogP contribution < -0.4 is 0 Å². The number of hydrogen-bond acceptors (Lipinski definition) is 2. The minimum absolute atomic E-state index is 1.21. The quantitative estimate of drug-likeness (QED) is 0.349. The fourth-order valence-electron chi connectivity index (χ4n) is 3.63. The predicted octanol–water partition coefficient (Wildman–Crippen LogP) is 6.54. The molecule has 0 spiro atoms. The number of nitrogens with one attached hydrogen (secondary N) is 1. The van der Waals surface area contributed by atoms with Crippen LogP contribution in [0.15, 0.2) is 66.0 Å². The molecule has 0 aliphatic rings. The number of fused-ring (bicyclic) bond motifs is 7. The van der Waals surface area contributed by atoms with E-state index in [1.54, 1.807) is 0 Å². The van der Waals surface area contributed by atoms with E-state index in [2.05, 4.69) is 75.6 Å². The molecule has 0 fully saturated rings. The number of benzene rings is 2. The van der Waals surface area contributed by atoms with Crippen LogP contribution in [0.5, 0.6) is 0 Å². The molecule has 24 heavy (non-hydrogen) atoms. The third kappa shape index (κ3) is 1.50. The molecule has 2 nitrogen and oxygen atoms in total. The maximum atomic E-state index is 3.66. The molecule has 0 aliphatic heterocycles. The van der Waals surface area contributed by atoms with E-state index < -0.39 is 0 Å².